The standard InChI is InChI=1S/C14H13FN2O5/c1-16(8-11-3-2-6-21-11)14(18)9-22-13-7-10(15)4-5-12(13)17(19)20/h2-7H,8-9H2,1H3. The van der Waals surface area contributed by atoms with Crippen molar-refractivity contribution in [2.75, 3.05) is 13.7 Å². The quantitative estimate of drug-likeness (QED) is 0.604. The molecule has 2 rings (SSSR count). The first-order valence-electron chi connectivity index (χ1n) is 6.30. The number of likely N-dealkylation sites (N-methyl/N-ethyl adjacent to an activating group) is 1. The first-order chi connectivity index (χ1) is 10.5. The molecule has 116 valence electrons. The largest absolute Gasteiger partial charge is 0.477 e. The Morgan fingerprint density at radius 2 is 2.23 bits per heavy atom. The highest BCUT2D eigenvalue weighted by molar-refractivity contribution is 5.77. The van der Waals surface area contributed by atoms with Crippen molar-refractivity contribution in [1.82, 2.24) is 4.90 Å². The molecule has 0 N–H and O–H groups in total. The van der Waals surface area contributed by atoms with E-state index in [1.165, 1.54) is 18.2 Å². The Kier molecular flexibility index (Phi) is 4.72. The van der Waals surface area contributed by atoms with Gasteiger partial charge in [0.2, 0.25) is 5.75 Å². The van der Waals surface area contributed by atoms with Crippen LogP contribution in [0.15, 0.2) is 41.0 Å². The molecular formula is C14H13FN2O5. The first kappa shape index (κ1) is 15.5. The molecule has 0 saturated heterocycles. The minimum Gasteiger partial charge on any atom is -0.477 e. The Hall–Kier alpha value is -2.90. The molecule has 0 atom stereocenters. The van der Waals surface area contributed by atoms with E-state index in [4.69, 9.17) is 9.15 Å². The molecular weight excluding hydrogens is 295 g/mol. The van der Waals surface area contributed by atoms with E-state index in [2.05, 4.69) is 0 Å². The van der Waals surface area contributed by atoms with E-state index in [9.17, 15) is 19.3 Å². The third kappa shape index (κ3) is 3.81. The zero-order chi connectivity index (χ0) is 16.1. The van der Waals surface area contributed by atoms with Crippen molar-refractivity contribution >= 4 is 11.6 Å². The maximum Gasteiger partial charge on any atom is 0.311 e. The number of hydrogen-bond donors (Lipinski definition) is 0. The lowest BCUT2D eigenvalue weighted by molar-refractivity contribution is -0.385. The number of furan rings is 1. The van der Waals surface area contributed by atoms with Crippen LogP contribution in [0.4, 0.5) is 10.1 Å². The molecule has 0 spiro atoms. The van der Waals surface area contributed by atoms with Crippen LogP contribution in [0.25, 0.3) is 0 Å². The highest BCUT2D eigenvalue weighted by Crippen LogP contribution is 2.27. The number of rotatable bonds is 6. The smallest absolute Gasteiger partial charge is 0.311 e. The molecule has 1 aromatic carbocycles. The summed E-state index contributed by atoms with van der Waals surface area (Å²) in [5.74, 6) is -0.802. The zero-order valence-corrected chi connectivity index (χ0v) is 11.7. The van der Waals surface area contributed by atoms with Gasteiger partial charge in [-0.15, -0.1) is 0 Å². The lowest BCUT2D eigenvalue weighted by atomic mass is 10.3. The second kappa shape index (κ2) is 6.70. The Labute approximate surface area is 125 Å². The number of carbonyl (C=O) groups excluding carboxylic acids is 1. The maximum absolute atomic E-state index is 13.1. The van der Waals surface area contributed by atoms with Gasteiger partial charge < -0.3 is 14.1 Å². The molecule has 8 heteroatoms. The fraction of sp³-hybridized carbons (Fsp3) is 0.214. The molecule has 22 heavy (non-hydrogen) atoms. The molecule has 0 bridgehead atoms. The van der Waals surface area contributed by atoms with Gasteiger partial charge in [0.05, 0.1) is 17.7 Å². The summed E-state index contributed by atoms with van der Waals surface area (Å²) in [5, 5.41) is 10.8. The highest BCUT2D eigenvalue weighted by Gasteiger charge is 2.18. The summed E-state index contributed by atoms with van der Waals surface area (Å²) in [5.41, 5.74) is -0.400. The van der Waals surface area contributed by atoms with Crippen LogP contribution in [-0.2, 0) is 11.3 Å². The van der Waals surface area contributed by atoms with Gasteiger partial charge in [0.1, 0.15) is 11.6 Å². The fourth-order valence-corrected chi connectivity index (χ4v) is 1.73. The molecule has 0 fully saturated rings. The SMILES string of the molecule is CN(Cc1ccco1)C(=O)COc1cc(F)ccc1[N+](=O)[O-]. The molecule has 0 aliphatic rings. The second-order valence-corrected chi connectivity index (χ2v) is 4.49. The van der Waals surface area contributed by atoms with Gasteiger partial charge in [-0.2, -0.15) is 0 Å². The fourth-order valence-electron chi connectivity index (χ4n) is 1.73. The lowest BCUT2D eigenvalue weighted by Crippen LogP contribution is -2.30. The monoisotopic (exact) mass is 308 g/mol. The van der Waals surface area contributed by atoms with Crippen LogP contribution in [0, 0.1) is 15.9 Å². The van der Waals surface area contributed by atoms with Crippen LogP contribution in [0.5, 0.6) is 5.75 Å². The molecule has 2 aromatic rings. The van der Waals surface area contributed by atoms with E-state index in [-0.39, 0.29) is 12.3 Å². The van der Waals surface area contributed by atoms with E-state index in [1.54, 1.807) is 12.1 Å². The Morgan fingerprint density at radius 3 is 2.86 bits per heavy atom. The summed E-state index contributed by atoms with van der Waals surface area (Å²) in [6.45, 7) is -0.206. The molecule has 0 saturated carbocycles. The van der Waals surface area contributed by atoms with E-state index in [1.807, 2.05) is 0 Å². The van der Waals surface area contributed by atoms with Gasteiger partial charge in [0, 0.05) is 19.2 Å². The number of ether oxygens (including phenoxy) is 1. The van der Waals surface area contributed by atoms with Crippen molar-refractivity contribution in [3.63, 3.8) is 0 Å². The molecule has 1 heterocycles. The minimum atomic E-state index is -0.703. The van der Waals surface area contributed by atoms with Crippen molar-refractivity contribution in [3.05, 3.63) is 58.3 Å². The Balaban J connectivity index is 1.98. The van der Waals surface area contributed by atoms with Crippen LogP contribution >= 0.6 is 0 Å². The number of halogens is 1. The summed E-state index contributed by atoms with van der Waals surface area (Å²) >= 11 is 0. The molecule has 1 aromatic heterocycles. The normalized spacial score (nSPS) is 10.3. The third-order valence-corrected chi connectivity index (χ3v) is 2.87. The summed E-state index contributed by atoms with van der Waals surface area (Å²) in [6, 6.07) is 6.22. The van der Waals surface area contributed by atoms with Crippen molar-refractivity contribution in [3.8, 4) is 5.75 Å². The third-order valence-electron chi connectivity index (χ3n) is 2.87. The van der Waals surface area contributed by atoms with Gasteiger partial charge >= 0.3 is 5.69 Å². The van der Waals surface area contributed by atoms with Gasteiger partial charge in [0.15, 0.2) is 6.61 Å². The summed E-state index contributed by atoms with van der Waals surface area (Å²) in [7, 11) is 1.54. The van der Waals surface area contributed by atoms with Crippen molar-refractivity contribution < 1.29 is 23.3 Å². The highest BCUT2D eigenvalue weighted by atomic mass is 19.1. The zero-order valence-electron chi connectivity index (χ0n) is 11.7. The van der Waals surface area contributed by atoms with Crippen molar-refractivity contribution in [1.29, 1.82) is 0 Å². The number of benzene rings is 1. The molecule has 0 aliphatic heterocycles. The molecule has 0 radical (unpaired) electrons. The summed E-state index contributed by atoms with van der Waals surface area (Å²) in [6.07, 6.45) is 1.49. The Bertz CT molecular complexity index is 672. The lowest BCUT2D eigenvalue weighted by Gasteiger charge is -2.16. The number of carbonyl (C=O) groups is 1. The van der Waals surface area contributed by atoms with Gasteiger partial charge in [0.25, 0.3) is 5.91 Å². The van der Waals surface area contributed by atoms with Crippen LogP contribution in [0.2, 0.25) is 0 Å². The molecule has 0 aliphatic carbocycles. The predicted octanol–water partition coefficient (Wildman–Crippen LogP) is 2.36. The Morgan fingerprint density at radius 1 is 1.45 bits per heavy atom. The average molecular weight is 308 g/mol. The van der Waals surface area contributed by atoms with Crippen LogP contribution < -0.4 is 4.74 Å². The summed E-state index contributed by atoms with van der Waals surface area (Å²) < 4.78 is 23.3. The van der Waals surface area contributed by atoms with E-state index in [0.29, 0.717) is 5.76 Å². The molecule has 1 amide bonds. The van der Waals surface area contributed by atoms with Gasteiger partial charge in [-0.3, -0.25) is 14.9 Å². The van der Waals surface area contributed by atoms with Gasteiger partial charge in [-0.05, 0) is 18.2 Å². The van der Waals surface area contributed by atoms with Crippen LogP contribution in [-0.4, -0.2) is 29.4 Å². The van der Waals surface area contributed by atoms with E-state index in [0.717, 1.165) is 18.2 Å². The second-order valence-electron chi connectivity index (χ2n) is 4.49. The van der Waals surface area contributed by atoms with Gasteiger partial charge in [-0.1, -0.05) is 0 Å². The first-order valence-corrected chi connectivity index (χ1v) is 6.30. The molecule has 7 nitrogen and oxygen atoms in total. The van der Waals surface area contributed by atoms with Crippen molar-refractivity contribution in [2.24, 2.45) is 0 Å². The minimum absolute atomic E-state index is 0.237. The predicted molar refractivity (Wildman–Crippen MR) is 73.7 cm³/mol. The maximum atomic E-state index is 13.1. The number of nitro benzene ring substituents is 1. The number of hydrogen-bond acceptors (Lipinski definition) is 5. The summed E-state index contributed by atoms with van der Waals surface area (Å²) in [4.78, 5) is 23.4. The topological polar surface area (TPSA) is 85.8 Å². The van der Waals surface area contributed by atoms with Crippen LogP contribution in [0.3, 0.4) is 0 Å². The van der Waals surface area contributed by atoms with Gasteiger partial charge in [-0.25, -0.2) is 4.39 Å². The number of nitro groups is 1. The number of nitrogens with zero attached hydrogens (tertiary/aromatic N) is 2. The number of amides is 1. The average Bonchev–Trinajstić information content (AvgIpc) is 2.97. The van der Waals surface area contributed by atoms with E-state index < -0.39 is 28.9 Å². The van der Waals surface area contributed by atoms with Crippen LogP contribution in [0.1, 0.15) is 5.76 Å². The molecule has 0 unspecified atom stereocenters. The van der Waals surface area contributed by atoms with E-state index >= 15 is 0 Å². The van der Waals surface area contributed by atoms with Crippen molar-refractivity contribution in [2.45, 2.75) is 6.54 Å².